The average molecular weight is 525 g/mol. The fraction of sp³-hybridized carbons (Fsp3) is 0.219. The van der Waals surface area contributed by atoms with Crippen LogP contribution in [0.2, 0.25) is 19.1 Å². The van der Waals surface area contributed by atoms with Gasteiger partial charge in [0.15, 0.2) is 8.32 Å². The highest BCUT2D eigenvalue weighted by Crippen LogP contribution is 2.56. The first kappa shape index (κ1) is 25.8. The minimum atomic E-state index is -1.34. The van der Waals surface area contributed by atoms with E-state index in [1.807, 2.05) is 48.5 Å². The van der Waals surface area contributed by atoms with Gasteiger partial charge >= 0.3 is 6.16 Å². The third-order valence-electron chi connectivity index (χ3n) is 7.41. The Morgan fingerprint density at radius 3 is 1.76 bits per heavy atom. The van der Waals surface area contributed by atoms with Crippen molar-refractivity contribution in [1.82, 2.24) is 0 Å². The highest BCUT2D eigenvalue weighted by atomic mass is 28.4. The number of fused-ring (bicyclic) bond motifs is 3. The summed E-state index contributed by atoms with van der Waals surface area (Å²) < 4.78 is 10.4. The molecule has 0 atom stereocenters. The van der Waals surface area contributed by atoms with Crippen LogP contribution in [0, 0.1) is 0 Å². The van der Waals surface area contributed by atoms with E-state index in [4.69, 9.17) is 14.3 Å². The number of phenolic OH excluding ortho intramolecular Hbond substituents is 1. The van der Waals surface area contributed by atoms with Gasteiger partial charge in [0, 0.05) is 6.61 Å². The van der Waals surface area contributed by atoms with E-state index in [1.165, 1.54) is 18.9 Å². The van der Waals surface area contributed by atoms with Crippen LogP contribution in [0.3, 0.4) is 0 Å². The first-order valence-electron chi connectivity index (χ1n) is 13.0. The van der Waals surface area contributed by atoms with Gasteiger partial charge in [0.2, 0.25) is 0 Å². The molecule has 0 radical (unpaired) electrons. The van der Waals surface area contributed by atoms with Crippen molar-refractivity contribution < 1.29 is 24.2 Å². The van der Waals surface area contributed by atoms with E-state index < -0.39 is 19.9 Å². The highest BCUT2D eigenvalue weighted by molar-refractivity contribution is 6.71. The van der Waals surface area contributed by atoms with E-state index in [-0.39, 0.29) is 11.5 Å². The Kier molecular flexibility index (Phi) is 7.10. The zero-order chi connectivity index (χ0) is 26.8. The summed E-state index contributed by atoms with van der Waals surface area (Å²) in [5.41, 5.74) is 6.02. The standard InChI is InChI=1S/C26H18O4.C6H14OSi/c27-19-13-9-17(10-14-19)26(18-11-15-20(16-12-18)30-25(28)29)23-7-3-1-5-21(23)22-6-2-4-8-24(22)26;1-8(2)6-4-3-5-7-8/h1-16,27H,(H,28,29);3-6H2,1-2H3. The van der Waals surface area contributed by atoms with Crippen LogP contribution in [0.1, 0.15) is 35.1 Å². The first-order valence-corrected chi connectivity index (χ1v) is 16.1. The predicted molar refractivity (Wildman–Crippen MR) is 152 cm³/mol. The Morgan fingerprint density at radius 2 is 1.32 bits per heavy atom. The molecule has 2 N–H and O–H groups in total. The van der Waals surface area contributed by atoms with Crippen LogP contribution in [-0.2, 0) is 9.84 Å². The number of phenols is 1. The lowest BCUT2D eigenvalue weighted by Gasteiger charge is -2.33. The number of benzene rings is 4. The van der Waals surface area contributed by atoms with Gasteiger partial charge in [-0.2, -0.15) is 0 Å². The fourth-order valence-electron chi connectivity index (χ4n) is 5.68. The van der Waals surface area contributed by atoms with Gasteiger partial charge in [0.1, 0.15) is 11.5 Å². The van der Waals surface area contributed by atoms with Gasteiger partial charge in [0.05, 0.1) is 5.41 Å². The Morgan fingerprint density at radius 1 is 0.789 bits per heavy atom. The summed E-state index contributed by atoms with van der Waals surface area (Å²) in [7, 11) is -1.09. The maximum atomic E-state index is 10.9. The van der Waals surface area contributed by atoms with Crippen molar-refractivity contribution in [3.63, 3.8) is 0 Å². The molecular weight excluding hydrogens is 492 g/mol. The highest BCUT2D eigenvalue weighted by Gasteiger charge is 2.45. The molecule has 38 heavy (non-hydrogen) atoms. The summed E-state index contributed by atoms with van der Waals surface area (Å²) in [5.74, 6) is 0.477. The van der Waals surface area contributed by atoms with Crippen molar-refractivity contribution in [3.8, 4) is 22.6 Å². The second-order valence-electron chi connectivity index (χ2n) is 10.3. The van der Waals surface area contributed by atoms with Crippen molar-refractivity contribution in [1.29, 1.82) is 0 Å². The molecule has 2 aliphatic rings. The third kappa shape index (κ3) is 4.85. The van der Waals surface area contributed by atoms with Crippen LogP contribution in [0.15, 0.2) is 97.1 Å². The van der Waals surface area contributed by atoms with E-state index in [0.717, 1.165) is 40.0 Å². The molecule has 0 bridgehead atoms. The van der Waals surface area contributed by atoms with Crippen LogP contribution in [0.25, 0.3) is 11.1 Å². The summed E-state index contributed by atoms with van der Waals surface area (Å²) in [5, 5.41) is 18.8. The topological polar surface area (TPSA) is 76.0 Å². The minimum Gasteiger partial charge on any atom is -0.508 e. The van der Waals surface area contributed by atoms with Crippen LogP contribution >= 0.6 is 0 Å². The second kappa shape index (κ2) is 10.5. The lowest BCUT2D eigenvalue weighted by atomic mass is 9.68. The molecule has 6 heteroatoms. The van der Waals surface area contributed by atoms with Gasteiger partial charge in [-0.15, -0.1) is 0 Å². The van der Waals surface area contributed by atoms with E-state index in [0.29, 0.717) is 0 Å². The summed E-state index contributed by atoms with van der Waals surface area (Å²) in [6, 6.07) is 32.4. The average Bonchev–Trinajstić information content (AvgIpc) is 3.21. The molecule has 6 rings (SSSR count). The molecule has 1 aliphatic carbocycles. The second-order valence-corrected chi connectivity index (χ2v) is 14.7. The van der Waals surface area contributed by atoms with Gasteiger partial charge in [-0.25, -0.2) is 4.79 Å². The molecular formula is C32H32O5Si. The number of rotatable bonds is 3. The molecule has 0 spiro atoms. The quantitative estimate of drug-likeness (QED) is 0.143. The molecule has 0 saturated carbocycles. The van der Waals surface area contributed by atoms with Gasteiger partial charge in [-0.3, -0.25) is 0 Å². The zero-order valence-corrected chi connectivity index (χ0v) is 22.7. The molecule has 4 aromatic rings. The molecule has 0 unspecified atom stereocenters. The molecule has 0 amide bonds. The largest absolute Gasteiger partial charge is 0.511 e. The third-order valence-corrected chi connectivity index (χ3v) is 9.95. The van der Waals surface area contributed by atoms with Crippen LogP contribution < -0.4 is 4.74 Å². The number of carboxylic acid groups (broad SMARTS) is 1. The SMILES string of the molecule is C[Si]1(C)CCCCO1.O=C(O)Oc1ccc(C2(c3ccc(O)cc3)c3ccccc3-c3ccccc32)cc1. The first-order chi connectivity index (χ1) is 18.3. The van der Waals surface area contributed by atoms with E-state index >= 15 is 0 Å². The number of hydrogen-bond acceptors (Lipinski definition) is 4. The van der Waals surface area contributed by atoms with E-state index in [9.17, 15) is 9.90 Å². The van der Waals surface area contributed by atoms with Crippen molar-refractivity contribution in [2.75, 3.05) is 6.61 Å². The Bertz CT molecular complexity index is 1370. The van der Waals surface area contributed by atoms with E-state index in [2.05, 4.69) is 37.4 Å². The molecule has 1 saturated heterocycles. The van der Waals surface area contributed by atoms with Crippen molar-refractivity contribution in [3.05, 3.63) is 119 Å². The minimum absolute atomic E-state index is 0.207. The fourth-order valence-corrected chi connectivity index (χ4v) is 7.63. The van der Waals surface area contributed by atoms with Crippen LogP contribution in [0.4, 0.5) is 4.79 Å². The number of aromatic hydroxyl groups is 1. The smallest absolute Gasteiger partial charge is 0.508 e. The molecule has 4 aromatic carbocycles. The molecule has 1 aliphatic heterocycles. The Balaban J connectivity index is 0.000000316. The molecule has 0 aromatic heterocycles. The molecule has 1 heterocycles. The van der Waals surface area contributed by atoms with Gasteiger partial charge < -0.3 is 19.4 Å². The molecule has 1 fully saturated rings. The monoisotopic (exact) mass is 524 g/mol. The maximum absolute atomic E-state index is 10.9. The normalized spacial score (nSPS) is 16.4. The predicted octanol–water partition coefficient (Wildman–Crippen LogP) is 7.81. The number of hydrogen-bond donors (Lipinski definition) is 2. The van der Waals surface area contributed by atoms with Crippen molar-refractivity contribution in [2.45, 2.75) is 37.4 Å². The lowest BCUT2D eigenvalue weighted by molar-refractivity contribution is 0.144. The summed E-state index contributed by atoms with van der Waals surface area (Å²) in [6.45, 7) is 5.62. The lowest BCUT2D eigenvalue weighted by Crippen LogP contribution is -2.33. The van der Waals surface area contributed by atoms with Crippen molar-refractivity contribution in [2.24, 2.45) is 0 Å². The summed E-state index contributed by atoms with van der Waals surface area (Å²) >= 11 is 0. The Labute approximate surface area is 224 Å². The Hall–Kier alpha value is -3.87. The van der Waals surface area contributed by atoms with Crippen LogP contribution in [-0.4, -0.2) is 31.3 Å². The van der Waals surface area contributed by atoms with Gasteiger partial charge in [-0.05, 0) is 83.2 Å². The van der Waals surface area contributed by atoms with Gasteiger partial charge in [-0.1, -0.05) is 79.2 Å². The zero-order valence-electron chi connectivity index (χ0n) is 21.7. The summed E-state index contributed by atoms with van der Waals surface area (Å²) in [6.07, 6.45) is 1.35. The van der Waals surface area contributed by atoms with Crippen LogP contribution in [0.5, 0.6) is 11.5 Å². The van der Waals surface area contributed by atoms with Gasteiger partial charge in [0.25, 0.3) is 0 Å². The number of carbonyl (C=O) groups is 1. The van der Waals surface area contributed by atoms with Crippen molar-refractivity contribution >= 4 is 14.5 Å². The number of ether oxygens (including phenoxy) is 1. The summed E-state index contributed by atoms with van der Waals surface area (Å²) in [4.78, 5) is 10.9. The molecule has 194 valence electrons. The molecule has 5 nitrogen and oxygen atoms in total. The maximum Gasteiger partial charge on any atom is 0.511 e. The van der Waals surface area contributed by atoms with E-state index in [1.54, 1.807) is 24.3 Å².